The Labute approximate surface area is 143 Å². The molecule has 0 aliphatic carbocycles. The molecule has 8 heteroatoms. The van der Waals surface area contributed by atoms with Gasteiger partial charge in [0.15, 0.2) is 0 Å². The number of carbonyl (C=O) groups excluding carboxylic acids is 1. The molecule has 2 aromatic rings. The minimum atomic E-state index is -0.314. The molecule has 1 amide bonds. The van der Waals surface area contributed by atoms with E-state index in [9.17, 15) is 4.79 Å². The van der Waals surface area contributed by atoms with E-state index < -0.39 is 0 Å². The van der Waals surface area contributed by atoms with Gasteiger partial charge in [0, 0.05) is 23.0 Å². The zero-order valence-corrected chi connectivity index (χ0v) is 14.7. The number of aromatic nitrogens is 2. The molecule has 0 saturated carbocycles. The topological polar surface area (TPSA) is 80.0 Å². The fraction of sp³-hybridized carbons (Fsp3) is 0.357. The lowest BCUT2D eigenvalue weighted by Gasteiger charge is -2.09. The lowest BCUT2D eigenvalue weighted by Crippen LogP contribution is -2.29. The Morgan fingerprint density at radius 1 is 1.36 bits per heavy atom. The normalized spacial score (nSPS) is 11.6. The van der Waals surface area contributed by atoms with E-state index in [1.807, 2.05) is 31.2 Å². The van der Waals surface area contributed by atoms with Gasteiger partial charge in [-0.05, 0) is 38.2 Å². The highest BCUT2D eigenvalue weighted by atomic mass is 79.9. The highest BCUT2D eigenvalue weighted by molar-refractivity contribution is 9.10. The number of nitrogens with zero attached hydrogens (tertiary/aromatic N) is 2. The molecule has 22 heavy (non-hydrogen) atoms. The van der Waals surface area contributed by atoms with Gasteiger partial charge >= 0.3 is 0 Å². The van der Waals surface area contributed by atoms with Gasteiger partial charge < -0.3 is 15.2 Å². The van der Waals surface area contributed by atoms with Crippen LogP contribution in [0.15, 0.2) is 33.3 Å². The number of nitrogens with one attached hydrogen (secondary N) is 2. The van der Waals surface area contributed by atoms with Crippen molar-refractivity contribution in [3.05, 3.63) is 34.6 Å². The molecule has 2 rings (SSSR count). The highest BCUT2D eigenvalue weighted by Gasteiger charge is 2.17. The van der Waals surface area contributed by atoms with Crippen molar-refractivity contribution in [2.24, 2.45) is 0 Å². The van der Waals surface area contributed by atoms with Crippen LogP contribution in [-0.2, 0) is 4.79 Å². The van der Waals surface area contributed by atoms with E-state index in [1.165, 1.54) is 0 Å². The minimum Gasteiger partial charge on any atom is -0.345 e. The average molecular weight is 390 g/mol. The summed E-state index contributed by atoms with van der Waals surface area (Å²) in [6.07, 6.45) is 0.411. The fourth-order valence-corrected chi connectivity index (χ4v) is 2.01. The van der Waals surface area contributed by atoms with Crippen LogP contribution in [0, 0.1) is 0 Å². The Balaban J connectivity index is 0.00000242. The van der Waals surface area contributed by atoms with E-state index in [1.54, 1.807) is 7.05 Å². The molecule has 0 bridgehead atoms. The van der Waals surface area contributed by atoms with Crippen LogP contribution in [0.4, 0.5) is 0 Å². The third kappa shape index (κ3) is 5.08. The summed E-state index contributed by atoms with van der Waals surface area (Å²) in [4.78, 5) is 16.0. The molecule has 1 aromatic carbocycles. The van der Waals surface area contributed by atoms with E-state index in [4.69, 9.17) is 4.52 Å². The lowest BCUT2D eigenvalue weighted by molar-refractivity contribution is -0.121. The predicted octanol–water partition coefficient (Wildman–Crippen LogP) is 2.71. The minimum absolute atomic E-state index is 0. The van der Waals surface area contributed by atoms with Crippen LogP contribution in [0.3, 0.4) is 0 Å². The second-order valence-electron chi connectivity index (χ2n) is 4.61. The predicted molar refractivity (Wildman–Crippen MR) is 89.8 cm³/mol. The van der Waals surface area contributed by atoms with Crippen LogP contribution < -0.4 is 10.6 Å². The van der Waals surface area contributed by atoms with Crippen LogP contribution in [0.5, 0.6) is 0 Å². The first-order chi connectivity index (χ1) is 10.1. The Morgan fingerprint density at radius 3 is 2.68 bits per heavy atom. The standard InChI is InChI=1S/C14H17BrN4O2.ClH/c1-9(17-12(20)7-8-16-2)14-18-13(19-21-14)10-3-5-11(15)6-4-10;/h3-6,9,16H,7-8H2,1-2H3,(H,17,20);1H. The van der Waals surface area contributed by atoms with E-state index in [2.05, 4.69) is 36.7 Å². The SMILES string of the molecule is CNCCC(=O)NC(C)c1nc(-c2ccc(Br)cc2)no1.Cl. The second-order valence-corrected chi connectivity index (χ2v) is 5.52. The number of rotatable bonds is 6. The van der Waals surface area contributed by atoms with Gasteiger partial charge in [0.25, 0.3) is 0 Å². The van der Waals surface area contributed by atoms with Crippen molar-refractivity contribution < 1.29 is 9.32 Å². The van der Waals surface area contributed by atoms with Crippen molar-refractivity contribution in [1.29, 1.82) is 0 Å². The zero-order chi connectivity index (χ0) is 15.2. The lowest BCUT2D eigenvalue weighted by atomic mass is 10.2. The Kier molecular flexibility index (Phi) is 7.50. The number of amides is 1. The summed E-state index contributed by atoms with van der Waals surface area (Å²) < 4.78 is 6.20. The molecule has 120 valence electrons. The number of benzene rings is 1. The van der Waals surface area contributed by atoms with Crippen molar-refractivity contribution in [2.45, 2.75) is 19.4 Å². The van der Waals surface area contributed by atoms with Crippen LogP contribution in [0.2, 0.25) is 0 Å². The molecule has 1 unspecified atom stereocenters. The third-order valence-electron chi connectivity index (χ3n) is 2.89. The molecule has 6 nitrogen and oxygen atoms in total. The number of hydrogen-bond acceptors (Lipinski definition) is 5. The van der Waals surface area contributed by atoms with Crippen LogP contribution >= 0.6 is 28.3 Å². The van der Waals surface area contributed by atoms with Gasteiger partial charge in [-0.1, -0.05) is 21.1 Å². The molecule has 2 N–H and O–H groups in total. The first-order valence-corrected chi connectivity index (χ1v) is 7.43. The van der Waals surface area contributed by atoms with Crippen molar-refractivity contribution in [3.8, 4) is 11.4 Å². The number of halogens is 2. The molecule has 0 aliphatic rings. The van der Waals surface area contributed by atoms with Gasteiger partial charge in [-0.25, -0.2) is 0 Å². The summed E-state index contributed by atoms with van der Waals surface area (Å²) in [5.74, 6) is 0.847. The molecule has 0 aliphatic heterocycles. The van der Waals surface area contributed by atoms with Gasteiger partial charge in [-0.15, -0.1) is 12.4 Å². The molecule has 0 spiro atoms. The number of hydrogen-bond donors (Lipinski definition) is 2. The van der Waals surface area contributed by atoms with Crippen molar-refractivity contribution in [2.75, 3.05) is 13.6 Å². The maximum atomic E-state index is 11.7. The Morgan fingerprint density at radius 2 is 2.05 bits per heavy atom. The van der Waals surface area contributed by atoms with Crippen LogP contribution in [0.1, 0.15) is 25.3 Å². The fourth-order valence-electron chi connectivity index (χ4n) is 1.74. The monoisotopic (exact) mass is 388 g/mol. The quantitative estimate of drug-likeness (QED) is 0.794. The Hall–Kier alpha value is -1.44. The molecular weight excluding hydrogens is 372 g/mol. The summed E-state index contributed by atoms with van der Waals surface area (Å²) in [6, 6.07) is 7.30. The zero-order valence-electron chi connectivity index (χ0n) is 12.3. The van der Waals surface area contributed by atoms with Crippen molar-refractivity contribution in [1.82, 2.24) is 20.8 Å². The van der Waals surface area contributed by atoms with E-state index >= 15 is 0 Å². The molecule has 1 atom stereocenters. The maximum absolute atomic E-state index is 11.7. The molecule has 1 heterocycles. The summed E-state index contributed by atoms with van der Waals surface area (Å²) in [5, 5.41) is 9.69. The van der Waals surface area contributed by atoms with Gasteiger partial charge in [0.05, 0.1) is 0 Å². The summed E-state index contributed by atoms with van der Waals surface area (Å²) in [5.41, 5.74) is 0.863. The highest BCUT2D eigenvalue weighted by Crippen LogP contribution is 2.20. The molecular formula is C14H18BrClN4O2. The summed E-state index contributed by atoms with van der Waals surface area (Å²) in [7, 11) is 1.80. The number of carbonyl (C=O) groups is 1. The maximum Gasteiger partial charge on any atom is 0.249 e. The first-order valence-electron chi connectivity index (χ1n) is 6.63. The van der Waals surface area contributed by atoms with Gasteiger partial charge in [0.1, 0.15) is 6.04 Å². The molecule has 1 aromatic heterocycles. The third-order valence-corrected chi connectivity index (χ3v) is 3.42. The van der Waals surface area contributed by atoms with Crippen LogP contribution in [0.25, 0.3) is 11.4 Å². The molecule has 0 radical (unpaired) electrons. The van der Waals surface area contributed by atoms with Gasteiger partial charge in [-0.2, -0.15) is 4.98 Å². The molecule has 0 saturated heterocycles. The van der Waals surface area contributed by atoms with Crippen molar-refractivity contribution >= 4 is 34.2 Å². The largest absolute Gasteiger partial charge is 0.345 e. The molecule has 0 fully saturated rings. The smallest absolute Gasteiger partial charge is 0.249 e. The van der Waals surface area contributed by atoms with Gasteiger partial charge in [-0.3, -0.25) is 4.79 Å². The van der Waals surface area contributed by atoms with E-state index in [0.717, 1.165) is 10.0 Å². The van der Waals surface area contributed by atoms with E-state index in [-0.39, 0.29) is 24.4 Å². The van der Waals surface area contributed by atoms with E-state index in [0.29, 0.717) is 24.7 Å². The summed E-state index contributed by atoms with van der Waals surface area (Å²) >= 11 is 3.38. The van der Waals surface area contributed by atoms with Gasteiger partial charge in [0.2, 0.25) is 17.6 Å². The summed E-state index contributed by atoms with van der Waals surface area (Å²) in [6.45, 7) is 2.45. The van der Waals surface area contributed by atoms with Crippen LogP contribution in [-0.4, -0.2) is 29.6 Å². The first kappa shape index (κ1) is 18.6. The average Bonchev–Trinajstić information content (AvgIpc) is 2.96. The second kappa shape index (κ2) is 8.87. The van der Waals surface area contributed by atoms with Crippen molar-refractivity contribution in [3.63, 3.8) is 0 Å². The Bertz CT molecular complexity index is 603.